The molecule has 6 heteroatoms. The number of hydrogen-bond acceptors (Lipinski definition) is 3. The zero-order chi connectivity index (χ0) is 18.2. The molecule has 0 unspecified atom stereocenters. The summed E-state index contributed by atoms with van der Waals surface area (Å²) < 4.78 is 0. The molecule has 0 aromatic heterocycles. The molecule has 0 radical (unpaired) electrons. The van der Waals surface area contributed by atoms with E-state index in [0.717, 1.165) is 5.56 Å². The minimum Gasteiger partial charge on any atom is -0.345 e. The van der Waals surface area contributed by atoms with Crippen LogP contribution in [0.5, 0.6) is 0 Å². The van der Waals surface area contributed by atoms with Crippen molar-refractivity contribution in [2.75, 3.05) is 19.4 Å². The molecule has 2 amide bonds. The van der Waals surface area contributed by atoms with Crippen LogP contribution in [0.25, 0.3) is 0 Å². The Hall–Kier alpha value is -2.73. The SMILES string of the molecule is CN(C)C(=O)c1ccc(NC(=S)NC(=O)CCc2ccccc2)cc1. The van der Waals surface area contributed by atoms with Crippen molar-refractivity contribution in [2.24, 2.45) is 0 Å². The number of hydrogen-bond donors (Lipinski definition) is 2. The third-order valence-corrected chi connectivity index (χ3v) is 3.74. The number of carbonyl (C=O) groups excluding carboxylic acids is 2. The van der Waals surface area contributed by atoms with Crippen molar-refractivity contribution in [1.29, 1.82) is 0 Å². The second-order valence-electron chi connectivity index (χ2n) is 5.76. The standard InChI is InChI=1S/C19H21N3O2S/c1-22(2)18(24)15-9-11-16(12-10-15)20-19(25)21-17(23)13-8-14-6-4-3-5-7-14/h3-7,9-12H,8,13H2,1-2H3,(H2,20,21,23,25). The molecule has 0 atom stereocenters. The first-order chi connectivity index (χ1) is 12.0. The Balaban J connectivity index is 1.81. The average Bonchev–Trinajstić information content (AvgIpc) is 2.60. The van der Waals surface area contributed by atoms with Crippen LogP contribution in [-0.4, -0.2) is 35.9 Å². The molecule has 130 valence electrons. The third-order valence-electron chi connectivity index (χ3n) is 3.53. The Kier molecular flexibility index (Phi) is 6.65. The zero-order valence-corrected chi connectivity index (χ0v) is 15.1. The lowest BCUT2D eigenvalue weighted by molar-refractivity contribution is -0.119. The smallest absolute Gasteiger partial charge is 0.253 e. The summed E-state index contributed by atoms with van der Waals surface area (Å²) >= 11 is 5.15. The maximum absolute atomic E-state index is 11.9. The predicted molar refractivity (Wildman–Crippen MR) is 104 cm³/mol. The van der Waals surface area contributed by atoms with Crippen molar-refractivity contribution >= 4 is 34.8 Å². The molecule has 0 aliphatic rings. The highest BCUT2D eigenvalue weighted by Crippen LogP contribution is 2.11. The van der Waals surface area contributed by atoms with Gasteiger partial charge in [-0.3, -0.25) is 9.59 Å². The molecule has 0 bridgehead atoms. The van der Waals surface area contributed by atoms with E-state index < -0.39 is 0 Å². The van der Waals surface area contributed by atoms with Crippen molar-refractivity contribution in [1.82, 2.24) is 10.2 Å². The lowest BCUT2D eigenvalue weighted by Gasteiger charge is -2.12. The maximum Gasteiger partial charge on any atom is 0.253 e. The molecule has 2 rings (SSSR count). The number of nitrogens with one attached hydrogen (secondary N) is 2. The molecule has 2 aromatic rings. The van der Waals surface area contributed by atoms with Crippen LogP contribution in [0.2, 0.25) is 0 Å². The van der Waals surface area contributed by atoms with Gasteiger partial charge in [-0.05, 0) is 48.5 Å². The van der Waals surface area contributed by atoms with Gasteiger partial charge in [-0.1, -0.05) is 30.3 Å². The van der Waals surface area contributed by atoms with Crippen LogP contribution in [0.15, 0.2) is 54.6 Å². The van der Waals surface area contributed by atoms with Gasteiger partial charge < -0.3 is 15.5 Å². The molecule has 0 saturated carbocycles. The van der Waals surface area contributed by atoms with E-state index in [1.54, 1.807) is 38.4 Å². The number of benzene rings is 2. The zero-order valence-electron chi connectivity index (χ0n) is 14.3. The number of rotatable bonds is 5. The van der Waals surface area contributed by atoms with Gasteiger partial charge in [-0.15, -0.1) is 0 Å². The molecule has 0 aliphatic heterocycles. The fourth-order valence-electron chi connectivity index (χ4n) is 2.21. The minimum absolute atomic E-state index is 0.0664. The lowest BCUT2D eigenvalue weighted by atomic mass is 10.1. The molecule has 5 nitrogen and oxygen atoms in total. The predicted octanol–water partition coefficient (Wildman–Crippen LogP) is 2.83. The monoisotopic (exact) mass is 355 g/mol. The first-order valence-electron chi connectivity index (χ1n) is 7.92. The van der Waals surface area contributed by atoms with E-state index in [0.29, 0.717) is 24.1 Å². The Morgan fingerprint density at radius 1 is 1.00 bits per heavy atom. The number of thiocarbonyl (C=S) groups is 1. The highest BCUT2D eigenvalue weighted by Gasteiger charge is 2.08. The van der Waals surface area contributed by atoms with Crippen molar-refractivity contribution < 1.29 is 9.59 Å². The fraction of sp³-hybridized carbons (Fsp3) is 0.211. The molecule has 0 aliphatic carbocycles. The van der Waals surface area contributed by atoms with E-state index in [4.69, 9.17) is 12.2 Å². The van der Waals surface area contributed by atoms with Gasteiger partial charge in [0.2, 0.25) is 5.91 Å². The van der Waals surface area contributed by atoms with Gasteiger partial charge in [0.1, 0.15) is 0 Å². The summed E-state index contributed by atoms with van der Waals surface area (Å²) in [4.78, 5) is 25.3. The van der Waals surface area contributed by atoms with Crippen LogP contribution >= 0.6 is 12.2 Å². The summed E-state index contributed by atoms with van der Waals surface area (Å²) in [7, 11) is 3.41. The van der Waals surface area contributed by atoms with Crippen molar-refractivity contribution in [3.05, 3.63) is 65.7 Å². The Morgan fingerprint density at radius 3 is 2.24 bits per heavy atom. The van der Waals surface area contributed by atoms with Crippen molar-refractivity contribution in [2.45, 2.75) is 12.8 Å². The Morgan fingerprint density at radius 2 is 1.64 bits per heavy atom. The number of carbonyl (C=O) groups is 2. The van der Waals surface area contributed by atoms with Crippen LogP contribution in [0.3, 0.4) is 0 Å². The quantitative estimate of drug-likeness (QED) is 0.810. The van der Waals surface area contributed by atoms with Crippen LogP contribution in [0.4, 0.5) is 5.69 Å². The highest BCUT2D eigenvalue weighted by molar-refractivity contribution is 7.80. The highest BCUT2D eigenvalue weighted by atomic mass is 32.1. The summed E-state index contributed by atoms with van der Waals surface area (Å²) in [5.41, 5.74) is 2.41. The van der Waals surface area contributed by atoms with Gasteiger partial charge in [-0.25, -0.2) is 0 Å². The van der Waals surface area contributed by atoms with E-state index in [-0.39, 0.29) is 16.9 Å². The molecule has 0 spiro atoms. The van der Waals surface area contributed by atoms with Crippen LogP contribution in [-0.2, 0) is 11.2 Å². The number of nitrogens with zero attached hydrogens (tertiary/aromatic N) is 1. The van der Waals surface area contributed by atoms with E-state index in [1.165, 1.54) is 4.90 Å². The largest absolute Gasteiger partial charge is 0.345 e. The maximum atomic E-state index is 11.9. The number of amides is 2. The first-order valence-corrected chi connectivity index (χ1v) is 8.33. The van der Waals surface area contributed by atoms with Gasteiger partial charge in [0.05, 0.1) is 0 Å². The van der Waals surface area contributed by atoms with E-state index >= 15 is 0 Å². The van der Waals surface area contributed by atoms with Crippen molar-refractivity contribution in [3.8, 4) is 0 Å². The Labute approximate surface area is 153 Å². The summed E-state index contributed by atoms with van der Waals surface area (Å²) in [5, 5.41) is 5.84. The summed E-state index contributed by atoms with van der Waals surface area (Å²) in [6.45, 7) is 0. The minimum atomic E-state index is -0.138. The van der Waals surface area contributed by atoms with E-state index in [2.05, 4.69) is 10.6 Å². The van der Waals surface area contributed by atoms with Gasteiger partial charge in [0, 0.05) is 31.8 Å². The van der Waals surface area contributed by atoms with E-state index in [9.17, 15) is 9.59 Å². The fourth-order valence-corrected chi connectivity index (χ4v) is 2.44. The molecule has 0 saturated heterocycles. The summed E-state index contributed by atoms with van der Waals surface area (Å²) in [6, 6.07) is 16.7. The Bertz CT molecular complexity index is 743. The van der Waals surface area contributed by atoms with Crippen LogP contribution in [0, 0.1) is 0 Å². The molecular weight excluding hydrogens is 334 g/mol. The van der Waals surface area contributed by atoms with Crippen LogP contribution in [0.1, 0.15) is 22.3 Å². The molecule has 2 N–H and O–H groups in total. The lowest BCUT2D eigenvalue weighted by Crippen LogP contribution is -2.34. The molecule has 0 heterocycles. The van der Waals surface area contributed by atoms with Gasteiger partial charge >= 0.3 is 0 Å². The van der Waals surface area contributed by atoms with E-state index in [1.807, 2.05) is 30.3 Å². The average molecular weight is 355 g/mol. The molecule has 25 heavy (non-hydrogen) atoms. The second kappa shape index (κ2) is 8.94. The molecular formula is C19H21N3O2S. The first kappa shape index (κ1) is 18.6. The molecule has 2 aromatic carbocycles. The summed E-state index contributed by atoms with van der Waals surface area (Å²) in [5.74, 6) is -0.205. The topological polar surface area (TPSA) is 61.4 Å². The number of anilines is 1. The van der Waals surface area contributed by atoms with Crippen LogP contribution < -0.4 is 10.6 Å². The van der Waals surface area contributed by atoms with Gasteiger partial charge in [0.15, 0.2) is 5.11 Å². The van der Waals surface area contributed by atoms with Gasteiger partial charge in [-0.2, -0.15) is 0 Å². The van der Waals surface area contributed by atoms with Gasteiger partial charge in [0.25, 0.3) is 5.91 Å². The van der Waals surface area contributed by atoms with Crippen molar-refractivity contribution in [3.63, 3.8) is 0 Å². The molecule has 0 fully saturated rings. The summed E-state index contributed by atoms with van der Waals surface area (Å²) in [6.07, 6.45) is 1.03. The number of aryl methyl sites for hydroxylation is 1. The third kappa shape index (κ3) is 6.00. The normalized spacial score (nSPS) is 10.0. The second-order valence-corrected chi connectivity index (χ2v) is 6.17.